The van der Waals surface area contributed by atoms with Gasteiger partial charge in [-0.2, -0.15) is 0 Å². The molecule has 2 aromatic carbocycles. The summed E-state index contributed by atoms with van der Waals surface area (Å²) in [6, 6.07) is 14.9. The Morgan fingerprint density at radius 3 is 2.71 bits per heavy atom. The predicted molar refractivity (Wildman–Crippen MR) is 94.0 cm³/mol. The first-order valence-electron chi connectivity index (χ1n) is 7.92. The highest BCUT2D eigenvalue weighted by atomic mass is 35.5. The van der Waals surface area contributed by atoms with Crippen molar-refractivity contribution >= 4 is 23.4 Å². The van der Waals surface area contributed by atoms with Crippen molar-refractivity contribution in [1.82, 2.24) is 10.6 Å². The zero-order valence-corrected chi connectivity index (χ0v) is 14.1. The highest BCUT2D eigenvalue weighted by molar-refractivity contribution is 6.30. The van der Waals surface area contributed by atoms with Crippen molar-refractivity contribution in [1.29, 1.82) is 0 Å². The Balaban J connectivity index is 1.56. The van der Waals surface area contributed by atoms with Gasteiger partial charge in [0, 0.05) is 30.1 Å². The van der Waals surface area contributed by atoms with E-state index in [1.165, 1.54) is 0 Å². The van der Waals surface area contributed by atoms with E-state index in [2.05, 4.69) is 10.6 Å². The van der Waals surface area contributed by atoms with Crippen molar-refractivity contribution in [2.24, 2.45) is 5.92 Å². The molecule has 0 spiro atoms. The molecule has 0 bridgehead atoms. The van der Waals surface area contributed by atoms with E-state index in [4.69, 9.17) is 11.6 Å². The first kappa shape index (κ1) is 16.5. The Labute approximate surface area is 146 Å². The summed E-state index contributed by atoms with van der Waals surface area (Å²) in [5.41, 5.74) is 2.61. The average molecular weight is 343 g/mol. The van der Waals surface area contributed by atoms with Gasteiger partial charge in [0.1, 0.15) is 0 Å². The zero-order valence-electron chi connectivity index (χ0n) is 13.4. The summed E-state index contributed by atoms with van der Waals surface area (Å²) >= 11 is 6.00. The van der Waals surface area contributed by atoms with Gasteiger partial charge in [0.05, 0.1) is 0 Å². The van der Waals surface area contributed by atoms with Crippen LogP contribution < -0.4 is 10.6 Å². The highest BCUT2D eigenvalue weighted by Crippen LogP contribution is 2.47. The number of hydrogen-bond donors (Lipinski definition) is 2. The SMILES string of the molecule is CNC(=O)c1cccc(CNC(=O)[C@H]2C[C@H]2c2cccc(Cl)c2)c1. The summed E-state index contributed by atoms with van der Waals surface area (Å²) in [4.78, 5) is 23.9. The second-order valence-corrected chi connectivity index (χ2v) is 6.44. The van der Waals surface area contributed by atoms with Gasteiger partial charge in [0.15, 0.2) is 0 Å². The van der Waals surface area contributed by atoms with Crippen molar-refractivity contribution in [2.45, 2.75) is 18.9 Å². The number of halogens is 1. The topological polar surface area (TPSA) is 58.2 Å². The molecule has 3 rings (SSSR count). The van der Waals surface area contributed by atoms with Crippen molar-refractivity contribution in [3.63, 3.8) is 0 Å². The maximum Gasteiger partial charge on any atom is 0.251 e. The van der Waals surface area contributed by atoms with Crippen LogP contribution in [0.25, 0.3) is 0 Å². The smallest absolute Gasteiger partial charge is 0.251 e. The number of nitrogens with one attached hydrogen (secondary N) is 2. The van der Waals surface area contributed by atoms with E-state index in [1.54, 1.807) is 19.2 Å². The number of benzene rings is 2. The summed E-state index contributed by atoms with van der Waals surface area (Å²) in [7, 11) is 1.60. The van der Waals surface area contributed by atoms with Crippen LogP contribution in [0.5, 0.6) is 0 Å². The molecule has 4 nitrogen and oxygen atoms in total. The van der Waals surface area contributed by atoms with Gasteiger partial charge < -0.3 is 10.6 Å². The van der Waals surface area contributed by atoms with Crippen LogP contribution >= 0.6 is 11.6 Å². The maximum absolute atomic E-state index is 12.3. The maximum atomic E-state index is 12.3. The third-order valence-electron chi connectivity index (χ3n) is 4.29. The minimum Gasteiger partial charge on any atom is -0.355 e. The molecular weight excluding hydrogens is 324 g/mol. The molecule has 0 saturated heterocycles. The molecule has 124 valence electrons. The van der Waals surface area contributed by atoms with Gasteiger partial charge in [-0.1, -0.05) is 35.9 Å². The predicted octanol–water partition coefficient (Wildman–Crippen LogP) is 3.12. The van der Waals surface area contributed by atoms with E-state index >= 15 is 0 Å². The van der Waals surface area contributed by atoms with Crippen LogP contribution in [0.15, 0.2) is 48.5 Å². The zero-order chi connectivity index (χ0) is 17.1. The third kappa shape index (κ3) is 3.77. The molecule has 1 saturated carbocycles. The molecular formula is C19H19ClN2O2. The normalized spacial score (nSPS) is 18.8. The second-order valence-electron chi connectivity index (χ2n) is 6.00. The Bertz CT molecular complexity index is 775. The monoisotopic (exact) mass is 342 g/mol. The lowest BCUT2D eigenvalue weighted by molar-refractivity contribution is -0.122. The Kier molecular flexibility index (Phi) is 4.86. The molecule has 2 atom stereocenters. The summed E-state index contributed by atoms with van der Waals surface area (Å²) in [6.45, 7) is 0.419. The molecule has 0 aromatic heterocycles. The second kappa shape index (κ2) is 7.05. The highest BCUT2D eigenvalue weighted by Gasteiger charge is 2.43. The lowest BCUT2D eigenvalue weighted by Gasteiger charge is -2.07. The molecule has 0 unspecified atom stereocenters. The number of carbonyl (C=O) groups excluding carboxylic acids is 2. The van der Waals surface area contributed by atoms with Crippen LogP contribution in [0.3, 0.4) is 0 Å². The van der Waals surface area contributed by atoms with Crippen molar-refractivity contribution < 1.29 is 9.59 Å². The fraction of sp³-hybridized carbons (Fsp3) is 0.263. The standard InChI is InChI=1S/C19H19ClN2O2/c1-21-18(23)14-6-2-4-12(8-14)11-22-19(24)17-10-16(17)13-5-3-7-15(20)9-13/h2-9,16-17H,10-11H2,1H3,(H,21,23)(H,22,24)/t16-,17-/m0/s1. The molecule has 24 heavy (non-hydrogen) atoms. The molecule has 1 aliphatic rings. The largest absolute Gasteiger partial charge is 0.355 e. The lowest BCUT2D eigenvalue weighted by atomic mass is 10.1. The number of carbonyl (C=O) groups is 2. The van der Waals surface area contributed by atoms with Crippen LogP contribution in [0.2, 0.25) is 5.02 Å². The minimum atomic E-state index is -0.133. The van der Waals surface area contributed by atoms with E-state index in [0.717, 1.165) is 17.5 Å². The first-order chi connectivity index (χ1) is 11.6. The van der Waals surface area contributed by atoms with Crippen LogP contribution in [0.4, 0.5) is 0 Å². The molecule has 0 heterocycles. The van der Waals surface area contributed by atoms with Gasteiger partial charge in [0.2, 0.25) is 5.91 Å². The van der Waals surface area contributed by atoms with Crippen molar-refractivity contribution in [2.75, 3.05) is 7.05 Å². The van der Waals surface area contributed by atoms with E-state index in [-0.39, 0.29) is 23.7 Å². The average Bonchev–Trinajstić information content (AvgIpc) is 3.40. The number of amides is 2. The lowest BCUT2D eigenvalue weighted by Crippen LogP contribution is -2.25. The van der Waals surface area contributed by atoms with Gasteiger partial charge in [-0.3, -0.25) is 9.59 Å². The van der Waals surface area contributed by atoms with Crippen molar-refractivity contribution in [3.05, 3.63) is 70.2 Å². The number of hydrogen-bond acceptors (Lipinski definition) is 2. The molecule has 0 aliphatic heterocycles. The Hall–Kier alpha value is -2.33. The van der Waals surface area contributed by atoms with Gasteiger partial charge in [0.25, 0.3) is 5.91 Å². The Morgan fingerprint density at radius 1 is 1.17 bits per heavy atom. The first-order valence-corrected chi connectivity index (χ1v) is 8.30. The van der Waals surface area contributed by atoms with Crippen LogP contribution in [0, 0.1) is 5.92 Å². The fourth-order valence-corrected chi connectivity index (χ4v) is 3.08. The summed E-state index contributed by atoms with van der Waals surface area (Å²) < 4.78 is 0. The molecule has 2 amide bonds. The quantitative estimate of drug-likeness (QED) is 0.877. The molecule has 1 fully saturated rings. The number of rotatable bonds is 5. The molecule has 0 radical (unpaired) electrons. The van der Waals surface area contributed by atoms with Gasteiger partial charge in [-0.15, -0.1) is 0 Å². The van der Waals surface area contributed by atoms with Crippen molar-refractivity contribution in [3.8, 4) is 0 Å². The summed E-state index contributed by atoms with van der Waals surface area (Å²) in [5, 5.41) is 6.25. The van der Waals surface area contributed by atoms with E-state index in [1.807, 2.05) is 36.4 Å². The van der Waals surface area contributed by atoms with Gasteiger partial charge >= 0.3 is 0 Å². The third-order valence-corrected chi connectivity index (χ3v) is 4.52. The van der Waals surface area contributed by atoms with E-state index in [0.29, 0.717) is 17.1 Å². The molecule has 2 aromatic rings. The Morgan fingerprint density at radius 2 is 1.96 bits per heavy atom. The minimum absolute atomic E-state index is 0.00518. The van der Waals surface area contributed by atoms with Gasteiger partial charge in [-0.25, -0.2) is 0 Å². The van der Waals surface area contributed by atoms with Crippen LogP contribution in [-0.4, -0.2) is 18.9 Å². The molecule has 5 heteroatoms. The fourth-order valence-electron chi connectivity index (χ4n) is 2.88. The van der Waals surface area contributed by atoms with E-state index in [9.17, 15) is 9.59 Å². The summed E-state index contributed by atoms with van der Waals surface area (Å²) in [6.07, 6.45) is 0.852. The molecule has 2 N–H and O–H groups in total. The van der Waals surface area contributed by atoms with E-state index < -0.39 is 0 Å². The van der Waals surface area contributed by atoms with Crippen LogP contribution in [0.1, 0.15) is 33.8 Å². The summed E-state index contributed by atoms with van der Waals surface area (Å²) in [5.74, 6) is 0.170. The van der Waals surface area contributed by atoms with Crippen LogP contribution in [-0.2, 0) is 11.3 Å². The molecule has 1 aliphatic carbocycles. The van der Waals surface area contributed by atoms with Gasteiger partial charge in [-0.05, 0) is 47.7 Å².